The Bertz CT molecular complexity index is 989. The number of rotatable bonds is 5. The van der Waals surface area contributed by atoms with E-state index in [4.69, 9.17) is 9.26 Å². The van der Waals surface area contributed by atoms with Crippen molar-refractivity contribution in [2.45, 2.75) is 41.2 Å². The molecule has 0 spiro atoms. The van der Waals surface area contributed by atoms with Crippen LogP contribution in [0.5, 0.6) is 5.75 Å². The van der Waals surface area contributed by atoms with Crippen LogP contribution < -0.4 is 10.1 Å². The molecule has 3 rings (SSSR count). The minimum absolute atomic E-state index is 0.216. The molecule has 1 N–H and O–H groups in total. The molecule has 0 radical (unpaired) electrons. The monoisotopic (exact) mass is 364 g/mol. The van der Waals surface area contributed by atoms with Gasteiger partial charge in [-0.25, -0.2) is 0 Å². The average molecular weight is 364 g/mol. The standard InChI is InChI=1S/C22H24N2O3/c1-13-6-7-15(3)20(10-13)23-22(25)21-19(17(5)27-24-21)12-26-18-9-8-14(2)16(4)11-18/h6-11H,12H2,1-5H3,(H,23,25). The Labute approximate surface area is 159 Å². The molecule has 5 nitrogen and oxygen atoms in total. The number of carbonyl (C=O) groups excluding carboxylic acids is 1. The summed E-state index contributed by atoms with van der Waals surface area (Å²) in [5.41, 5.74) is 6.09. The second kappa shape index (κ2) is 7.66. The number of amides is 1. The number of hydrogen-bond acceptors (Lipinski definition) is 4. The van der Waals surface area contributed by atoms with Gasteiger partial charge in [0.25, 0.3) is 5.91 Å². The molecule has 0 atom stereocenters. The van der Waals surface area contributed by atoms with Crippen LogP contribution in [0.3, 0.4) is 0 Å². The van der Waals surface area contributed by atoms with Crippen LogP contribution in [0.4, 0.5) is 5.69 Å². The number of carbonyl (C=O) groups is 1. The smallest absolute Gasteiger partial charge is 0.278 e. The van der Waals surface area contributed by atoms with Crippen LogP contribution in [-0.2, 0) is 6.61 Å². The fourth-order valence-corrected chi connectivity index (χ4v) is 2.75. The molecule has 0 unspecified atom stereocenters. The highest BCUT2D eigenvalue weighted by Crippen LogP contribution is 2.22. The Kier molecular flexibility index (Phi) is 5.31. The van der Waals surface area contributed by atoms with Gasteiger partial charge in [0.1, 0.15) is 18.1 Å². The Morgan fingerprint density at radius 2 is 1.74 bits per heavy atom. The maximum atomic E-state index is 12.7. The molecule has 0 fully saturated rings. The normalized spacial score (nSPS) is 10.7. The van der Waals surface area contributed by atoms with Gasteiger partial charge in [0.05, 0.1) is 5.56 Å². The quantitative estimate of drug-likeness (QED) is 0.688. The van der Waals surface area contributed by atoms with Crippen LogP contribution in [0, 0.1) is 34.6 Å². The molecule has 0 saturated heterocycles. The molecular formula is C22H24N2O3. The first kappa shape index (κ1) is 18.7. The summed E-state index contributed by atoms with van der Waals surface area (Å²) in [4.78, 5) is 12.7. The maximum absolute atomic E-state index is 12.7. The summed E-state index contributed by atoms with van der Waals surface area (Å²) in [6.45, 7) is 10.0. The van der Waals surface area contributed by atoms with Gasteiger partial charge in [0.15, 0.2) is 5.69 Å². The summed E-state index contributed by atoms with van der Waals surface area (Å²) < 4.78 is 11.1. The van der Waals surface area contributed by atoms with Gasteiger partial charge < -0.3 is 14.6 Å². The lowest BCUT2D eigenvalue weighted by atomic mass is 10.1. The molecule has 0 saturated carbocycles. The molecule has 3 aromatic rings. The molecule has 27 heavy (non-hydrogen) atoms. The molecule has 2 aromatic carbocycles. The predicted molar refractivity (Wildman–Crippen MR) is 105 cm³/mol. The summed E-state index contributed by atoms with van der Waals surface area (Å²) in [5, 5.41) is 6.86. The van der Waals surface area contributed by atoms with Crippen molar-refractivity contribution >= 4 is 11.6 Å². The van der Waals surface area contributed by atoms with Crippen LogP contribution >= 0.6 is 0 Å². The fraction of sp³-hybridized carbons (Fsp3) is 0.273. The fourth-order valence-electron chi connectivity index (χ4n) is 2.75. The van der Waals surface area contributed by atoms with E-state index in [0.717, 1.165) is 28.1 Å². The number of nitrogens with one attached hydrogen (secondary N) is 1. The van der Waals surface area contributed by atoms with Gasteiger partial charge in [-0.15, -0.1) is 0 Å². The van der Waals surface area contributed by atoms with E-state index in [1.165, 1.54) is 5.56 Å². The summed E-state index contributed by atoms with van der Waals surface area (Å²) in [5.74, 6) is 1.02. The SMILES string of the molecule is Cc1ccc(C)c(NC(=O)c2noc(C)c2COc2ccc(C)c(C)c2)c1. The first-order valence-corrected chi connectivity index (χ1v) is 8.89. The zero-order valence-corrected chi connectivity index (χ0v) is 16.3. The highest BCUT2D eigenvalue weighted by molar-refractivity contribution is 6.04. The molecular weight excluding hydrogens is 340 g/mol. The second-order valence-corrected chi connectivity index (χ2v) is 6.87. The van der Waals surface area contributed by atoms with Crippen LogP contribution in [0.25, 0.3) is 0 Å². The first-order chi connectivity index (χ1) is 12.8. The van der Waals surface area contributed by atoms with Crippen molar-refractivity contribution in [3.63, 3.8) is 0 Å². The lowest BCUT2D eigenvalue weighted by Crippen LogP contribution is -2.16. The molecule has 0 aliphatic rings. The topological polar surface area (TPSA) is 64.4 Å². The number of benzene rings is 2. The van der Waals surface area contributed by atoms with Gasteiger partial charge in [-0.1, -0.05) is 23.4 Å². The predicted octanol–water partition coefficient (Wildman–Crippen LogP) is 5.05. The molecule has 1 amide bonds. The number of aryl methyl sites for hydroxylation is 5. The Morgan fingerprint density at radius 1 is 1.00 bits per heavy atom. The van der Waals surface area contributed by atoms with Gasteiger partial charge in [-0.05, 0) is 75.1 Å². The first-order valence-electron chi connectivity index (χ1n) is 8.89. The average Bonchev–Trinajstić information content (AvgIpc) is 3.00. The van der Waals surface area contributed by atoms with Crippen LogP contribution in [-0.4, -0.2) is 11.1 Å². The van der Waals surface area contributed by atoms with Gasteiger partial charge in [0.2, 0.25) is 0 Å². The van der Waals surface area contributed by atoms with E-state index in [2.05, 4.69) is 17.4 Å². The van der Waals surface area contributed by atoms with Crippen molar-refractivity contribution in [2.75, 3.05) is 5.32 Å². The van der Waals surface area contributed by atoms with Crippen LogP contribution in [0.1, 0.15) is 44.1 Å². The van der Waals surface area contributed by atoms with Gasteiger partial charge in [-0.3, -0.25) is 4.79 Å². The number of hydrogen-bond donors (Lipinski definition) is 1. The number of nitrogens with zero attached hydrogens (tertiary/aromatic N) is 1. The van der Waals surface area contributed by atoms with Crippen LogP contribution in [0.2, 0.25) is 0 Å². The molecule has 1 heterocycles. The third kappa shape index (κ3) is 4.19. The van der Waals surface area contributed by atoms with Crippen molar-refractivity contribution in [3.8, 4) is 5.75 Å². The largest absolute Gasteiger partial charge is 0.489 e. The Morgan fingerprint density at radius 3 is 2.48 bits per heavy atom. The van der Waals surface area contributed by atoms with Crippen molar-refractivity contribution in [1.29, 1.82) is 0 Å². The van der Waals surface area contributed by atoms with Crippen molar-refractivity contribution in [2.24, 2.45) is 0 Å². The summed E-state index contributed by atoms with van der Waals surface area (Å²) in [7, 11) is 0. The summed E-state index contributed by atoms with van der Waals surface area (Å²) in [6.07, 6.45) is 0. The van der Waals surface area contributed by atoms with E-state index in [0.29, 0.717) is 11.3 Å². The zero-order valence-electron chi connectivity index (χ0n) is 16.3. The minimum atomic E-state index is -0.306. The lowest BCUT2D eigenvalue weighted by molar-refractivity contribution is 0.101. The second-order valence-electron chi connectivity index (χ2n) is 6.87. The molecule has 0 bridgehead atoms. The molecule has 5 heteroatoms. The lowest BCUT2D eigenvalue weighted by Gasteiger charge is -2.10. The maximum Gasteiger partial charge on any atom is 0.278 e. The molecule has 0 aliphatic heterocycles. The van der Waals surface area contributed by atoms with Gasteiger partial charge in [0, 0.05) is 5.69 Å². The van der Waals surface area contributed by atoms with Gasteiger partial charge >= 0.3 is 0 Å². The Balaban J connectivity index is 1.78. The van der Waals surface area contributed by atoms with Crippen molar-refractivity contribution in [1.82, 2.24) is 5.16 Å². The number of aromatic nitrogens is 1. The zero-order chi connectivity index (χ0) is 19.6. The third-order valence-electron chi connectivity index (χ3n) is 4.70. The van der Waals surface area contributed by atoms with Crippen molar-refractivity contribution < 1.29 is 14.1 Å². The third-order valence-corrected chi connectivity index (χ3v) is 4.70. The van der Waals surface area contributed by atoms with Crippen LogP contribution in [0.15, 0.2) is 40.9 Å². The van der Waals surface area contributed by atoms with Crippen molar-refractivity contribution in [3.05, 3.63) is 75.7 Å². The molecule has 1 aromatic heterocycles. The summed E-state index contributed by atoms with van der Waals surface area (Å²) in [6, 6.07) is 11.8. The summed E-state index contributed by atoms with van der Waals surface area (Å²) >= 11 is 0. The number of ether oxygens (including phenoxy) is 1. The van der Waals surface area contributed by atoms with E-state index in [1.54, 1.807) is 6.92 Å². The van der Waals surface area contributed by atoms with E-state index < -0.39 is 0 Å². The van der Waals surface area contributed by atoms with E-state index in [-0.39, 0.29) is 18.2 Å². The minimum Gasteiger partial charge on any atom is -0.489 e. The molecule has 140 valence electrons. The Hall–Kier alpha value is -3.08. The van der Waals surface area contributed by atoms with E-state index >= 15 is 0 Å². The van der Waals surface area contributed by atoms with Gasteiger partial charge in [-0.2, -0.15) is 0 Å². The van der Waals surface area contributed by atoms with E-state index in [9.17, 15) is 4.79 Å². The molecule has 0 aliphatic carbocycles. The highest BCUT2D eigenvalue weighted by Gasteiger charge is 2.21. The number of anilines is 1. The van der Waals surface area contributed by atoms with E-state index in [1.807, 2.05) is 57.2 Å². The highest BCUT2D eigenvalue weighted by atomic mass is 16.5.